The predicted octanol–water partition coefficient (Wildman–Crippen LogP) is 1.96. The van der Waals surface area contributed by atoms with Crippen molar-refractivity contribution in [3.05, 3.63) is 0 Å². The summed E-state index contributed by atoms with van der Waals surface area (Å²) in [5.74, 6) is 0. The Kier molecular flexibility index (Phi) is 5.58. The Labute approximate surface area is 93.5 Å². The number of methoxy groups -OCH3 is 1. The lowest BCUT2D eigenvalue weighted by Crippen LogP contribution is -2.37. The molecule has 0 saturated carbocycles. The van der Waals surface area contributed by atoms with E-state index in [9.17, 15) is 0 Å². The summed E-state index contributed by atoms with van der Waals surface area (Å²) in [6, 6.07) is 0. The van der Waals surface area contributed by atoms with Gasteiger partial charge in [0.1, 0.15) is 0 Å². The van der Waals surface area contributed by atoms with Gasteiger partial charge in [-0.2, -0.15) is 0 Å². The topological polar surface area (TPSA) is 30.5 Å². The van der Waals surface area contributed by atoms with Crippen molar-refractivity contribution in [3.8, 4) is 0 Å². The van der Waals surface area contributed by atoms with Gasteiger partial charge in [-0.1, -0.05) is 0 Å². The van der Waals surface area contributed by atoms with Gasteiger partial charge in [-0.3, -0.25) is 0 Å². The monoisotopic (exact) mass is 215 g/mol. The van der Waals surface area contributed by atoms with Crippen molar-refractivity contribution >= 4 is 0 Å². The van der Waals surface area contributed by atoms with Gasteiger partial charge in [0.15, 0.2) is 0 Å². The molecule has 0 aromatic carbocycles. The molecule has 1 rings (SSSR count). The minimum absolute atomic E-state index is 0.0517. The minimum Gasteiger partial charge on any atom is -0.378 e. The van der Waals surface area contributed by atoms with Gasteiger partial charge in [0.05, 0.1) is 11.7 Å². The Morgan fingerprint density at radius 3 is 2.87 bits per heavy atom. The van der Waals surface area contributed by atoms with Crippen molar-refractivity contribution < 1.29 is 9.47 Å². The van der Waals surface area contributed by atoms with Crippen LogP contribution in [0.1, 0.15) is 39.5 Å². The zero-order valence-electron chi connectivity index (χ0n) is 10.3. The van der Waals surface area contributed by atoms with Crippen molar-refractivity contribution in [2.24, 2.45) is 0 Å². The highest BCUT2D eigenvalue weighted by Gasteiger charge is 2.16. The Morgan fingerprint density at radius 1 is 1.47 bits per heavy atom. The van der Waals surface area contributed by atoms with Crippen molar-refractivity contribution in [1.29, 1.82) is 0 Å². The molecule has 1 aliphatic heterocycles. The third kappa shape index (κ3) is 5.50. The van der Waals surface area contributed by atoms with Crippen molar-refractivity contribution in [2.45, 2.75) is 51.2 Å². The van der Waals surface area contributed by atoms with Crippen LogP contribution in [0.3, 0.4) is 0 Å². The summed E-state index contributed by atoms with van der Waals surface area (Å²) < 4.78 is 10.9. The molecular weight excluding hydrogens is 190 g/mol. The quantitative estimate of drug-likeness (QED) is 0.659. The number of hydrogen-bond donors (Lipinski definition) is 1. The highest BCUT2D eigenvalue weighted by atomic mass is 16.5. The van der Waals surface area contributed by atoms with E-state index in [1.54, 1.807) is 7.11 Å². The molecule has 0 aromatic rings. The first-order chi connectivity index (χ1) is 7.14. The lowest BCUT2D eigenvalue weighted by atomic mass is 10.1. The van der Waals surface area contributed by atoms with E-state index >= 15 is 0 Å². The molecule has 1 unspecified atom stereocenters. The molecule has 1 fully saturated rings. The van der Waals surface area contributed by atoms with Crippen LogP contribution in [0.15, 0.2) is 0 Å². The maximum absolute atomic E-state index is 5.57. The average Bonchev–Trinajstić information content (AvgIpc) is 2.70. The predicted molar refractivity (Wildman–Crippen MR) is 62.2 cm³/mol. The van der Waals surface area contributed by atoms with Crippen LogP contribution in [0.2, 0.25) is 0 Å². The number of rotatable bonds is 7. The lowest BCUT2D eigenvalue weighted by Gasteiger charge is -2.23. The third-order valence-corrected chi connectivity index (χ3v) is 3.01. The first kappa shape index (κ1) is 12.9. The average molecular weight is 215 g/mol. The summed E-state index contributed by atoms with van der Waals surface area (Å²) in [5.41, 5.74) is -0.0517. The number of nitrogens with one attached hydrogen (secondary N) is 1. The van der Waals surface area contributed by atoms with Gasteiger partial charge in [0.2, 0.25) is 0 Å². The molecule has 90 valence electrons. The lowest BCUT2D eigenvalue weighted by molar-refractivity contribution is 0.0231. The van der Waals surface area contributed by atoms with Gasteiger partial charge < -0.3 is 14.8 Å². The number of ether oxygens (including phenoxy) is 2. The molecule has 1 aliphatic rings. The van der Waals surface area contributed by atoms with E-state index in [-0.39, 0.29) is 5.60 Å². The van der Waals surface area contributed by atoms with E-state index in [1.807, 2.05) is 0 Å². The molecule has 0 aliphatic carbocycles. The van der Waals surface area contributed by atoms with E-state index in [4.69, 9.17) is 9.47 Å². The highest BCUT2D eigenvalue weighted by molar-refractivity contribution is 4.71. The highest BCUT2D eigenvalue weighted by Crippen LogP contribution is 2.16. The molecule has 1 N–H and O–H groups in total. The SMILES string of the molecule is COC(C)(C)CNCCCC1CCCO1. The molecule has 0 aromatic heterocycles. The van der Waals surface area contributed by atoms with Crippen LogP contribution in [-0.4, -0.2) is 38.5 Å². The van der Waals surface area contributed by atoms with E-state index < -0.39 is 0 Å². The molecule has 0 amide bonds. The zero-order chi connectivity index (χ0) is 11.1. The van der Waals surface area contributed by atoms with Crippen LogP contribution >= 0.6 is 0 Å². The smallest absolute Gasteiger partial charge is 0.0746 e. The van der Waals surface area contributed by atoms with Crippen LogP contribution in [0.25, 0.3) is 0 Å². The van der Waals surface area contributed by atoms with Crippen molar-refractivity contribution in [1.82, 2.24) is 5.32 Å². The molecule has 0 spiro atoms. The van der Waals surface area contributed by atoms with E-state index in [1.165, 1.54) is 25.7 Å². The molecule has 3 nitrogen and oxygen atoms in total. The van der Waals surface area contributed by atoms with Gasteiger partial charge in [-0.15, -0.1) is 0 Å². The minimum atomic E-state index is -0.0517. The molecule has 1 atom stereocenters. The molecule has 1 heterocycles. The number of hydrogen-bond acceptors (Lipinski definition) is 3. The fraction of sp³-hybridized carbons (Fsp3) is 1.00. The summed E-state index contributed by atoms with van der Waals surface area (Å²) in [6.07, 6.45) is 5.42. The second-order valence-corrected chi connectivity index (χ2v) is 4.92. The Morgan fingerprint density at radius 2 is 2.27 bits per heavy atom. The van der Waals surface area contributed by atoms with Crippen molar-refractivity contribution in [3.63, 3.8) is 0 Å². The summed E-state index contributed by atoms with van der Waals surface area (Å²) in [7, 11) is 1.76. The second-order valence-electron chi connectivity index (χ2n) is 4.92. The molecule has 0 bridgehead atoms. The summed E-state index contributed by atoms with van der Waals surface area (Å²) >= 11 is 0. The fourth-order valence-corrected chi connectivity index (χ4v) is 1.79. The maximum atomic E-state index is 5.57. The van der Waals surface area contributed by atoms with Gasteiger partial charge >= 0.3 is 0 Å². The third-order valence-electron chi connectivity index (χ3n) is 3.01. The van der Waals surface area contributed by atoms with Gasteiger partial charge in [0, 0.05) is 20.3 Å². The molecular formula is C12H25NO2. The van der Waals surface area contributed by atoms with Crippen molar-refractivity contribution in [2.75, 3.05) is 26.8 Å². The van der Waals surface area contributed by atoms with Gasteiger partial charge in [0.25, 0.3) is 0 Å². The molecule has 3 heteroatoms. The van der Waals surface area contributed by atoms with Crippen LogP contribution in [0.4, 0.5) is 0 Å². The maximum Gasteiger partial charge on any atom is 0.0746 e. The van der Waals surface area contributed by atoms with Gasteiger partial charge in [-0.25, -0.2) is 0 Å². The zero-order valence-corrected chi connectivity index (χ0v) is 10.3. The van der Waals surface area contributed by atoms with Crippen LogP contribution in [0.5, 0.6) is 0 Å². The van der Waals surface area contributed by atoms with E-state index in [0.29, 0.717) is 6.10 Å². The normalized spacial score (nSPS) is 22.2. The standard InChI is InChI=1S/C12H25NO2/c1-12(2,14-3)10-13-8-4-6-11-7-5-9-15-11/h11,13H,4-10H2,1-3H3. The first-order valence-electron chi connectivity index (χ1n) is 6.01. The van der Waals surface area contributed by atoms with Crippen LogP contribution < -0.4 is 5.32 Å². The molecule has 0 radical (unpaired) electrons. The molecule has 1 saturated heterocycles. The second kappa shape index (κ2) is 6.46. The molecule has 15 heavy (non-hydrogen) atoms. The summed E-state index contributed by atoms with van der Waals surface area (Å²) in [5, 5.41) is 3.42. The summed E-state index contributed by atoms with van der Waals surface area (Å²) in [4.78, 5) is 0. The van der Waals surface area contributed by atoms with Crippen LogP contribution in [-0.2, 0) is 9.47 Å². The fourth-order valence-electron chi connectivity index (χ4n) is 1.79. The van der Waals surface area contributed by atoms with Crippen LogP contribution in [0, 0.1) is 0 Å². The Balaban J connectivity index is 1.92. The van der Waals surface area contributed by atoms with E-state index in [0.717, 1.165) is 19.7 Å². The van der Waals surface area contributed by atoms with E-state index in [2.05, 4.69) is 19.2 Å². The largest absolute Gasteiger partial charge is 0.378 e. The first-order valence-corrected chi connectivity index (χ1v) is 6.01. The van der Waals surface area contributed by atoms with Gasteiger partial charge in [-0.05, 0) is 46.1 Å². The summed E-state index contributed by atoms with van der Waals surface area (Å²) in [6.45, 7) is 7.14. The Bertz CT molecular complexity index is 165. The Hall–Kier alpha value is -0.120.